The number of hydrogen-bond acceptors (Lipinski definition) is 5. The number of nitrogens with two attached hydrogens (primary N) is 2. The summed E-state index contributed by atoms with van der Waals surface area (Å²) in [5.41, 5.74) is 11.0. The van der Waals surface area contributed by atoms with Crippen LogP contribution in [-0.4, -0.2) is 40.1 Å². The summed E-state index contributed by atoms with van der Waals surface area (Å²) in [5.74, 6) is -1.32. The Bertz CT molecular complexity index is 572. The zero-order valence-electron chi connectivity index (χ0n) is 14.7. The van der Waals surface area contributed by atoms with Crippen molar-refractivity contribution in [2.75, 3.05) is 0 Å². The van der Waals surface area contributed by atoms with Crippen molar-refractivity contribution in [1.82, 2.24) is 5.32 Å². The van der Waals surface area contributed by atoms with Gasteiger partial charge in [0.05, 0.1) is 6.04 Å². The molecule has 2 atom stereocenters. The van der Waals surface area contributed by atoms with Crippen LogP contribution >= 0.6 is 0 Å². The van der Waals surface area contributed by atoms with Crippen LogP contribution in [0.25, 0.3) is 0 Å². The van der Waals surface area contributed by atoms with Gasteiger partial charge in [-0.3, -0.25) is 9.59 Å². The van der Waals surface area contributed by atoms with E-state index in [4.69, 9.17) is 21.7 Å². The molecular weight excluding hydrogens is 326 g/mol. The first-order valence-electron chi connectivity index (χ1n) is 7.85. The fourth-order valence-electron chi connectivity index (χ4n) is 1.94. The molecule has 1 aromatic carbocycles. The first-order valence-corrected chi connectivity index (χ1v) is 7.85. The topological polar surface area (TPSA) is 156 Å². The molecule has 1 rings (SSSR count). The molecule has 0 saturated heterocycles. The van der Waals surface area contributed by atoms with Crippen LogP contribution in [0.5, 0.6) is 5.75 Å². The minimum absolute atomic E-state index is 0.121. The van der Waals surface area contributed by atoms with Crippen molar-refractivity contribution < 1.29 is 24.6 Å². The van der Waals surface area contributed by atoms with Crippen molar-refractivity contribution in [3.8, 4) is 5.75 Å². The normalized spacial score (nSPS) is 12.5. The van der Waals surface area contributed by atoms with Crippen LogP contribution < -0.4 is 16.8 Å². The Morgan fingerprint density at radius 3 is 2.00 bits per heavy atom. The molecular formula is C17H27N3O5. The van der Waals surface area contributed by atoms with Crippen molar-refractivity contribution in [3.63, 3.8) is 0 Å². The monoisotopic (exact) mass is 353 g/mol. The van der Waals surface area contributed by atoms with Gasteiger partial charge in [0, 0.05) is 13.3 Å². The van der Waals surface area contributed by atoms with E-state index in [1.165, 1.54) is 19.1 Å². The van der Waals surface area contributed by atoms with Gasteiger partial charge >= 0.3 is 5.97 Å². The molecule has 140 valence electrons. The van der Waals surface area contributed by atoms with Crippen molar-refractivity contribution in [1.29, 1.82) is 0 Å². The Morgan fingerprint density at radius 2 is 1.68 bits per heavy atom. The summed E-state index contributed by atoms with van der Waals surface area (Å²) >= 11 is 0. The van der Waals surface area contributed by atoms with E-state index in [2.05, 4.69) is 5.32 Å². The average Bonchev–Trinajstić information content (AvgIpc) is 2.48. The molecule has 0 saturated carbocycles. The number of carbonyl (C=O) groups is 3. The SMILES string of the molecule is CC(=O)N[C@@H](Cc1ccc(O)cc1)C(=O)O.CC(C)C[C@H](N)C(N)=O. The third-order valence-corrected chi connectivity index (χ3v) is 3.14. The molecule has 0 fully saturated rings. The lowest BCUT2D eigenvalue weighted by atomic mass is 10.0. The van der Waals surface area contributed by atoms with E-state index >= 15 is 0 Å². The second-order valence-corrected chi connectivity index (χ2v) is 6.10. The molecule has 8 heteroatoms. The van der Waals surface area contributed by atoms with Crippen LogP contribution in [0.4, 0.5) is 0 Å². The van der Waals surface area contributed by atoms with E-state index in [9.17, 15) is 14.4 Å². The molecule has 25 heavy (non-hydrogen) atoms. The fraction of sp³-hybridized carbons (Fsp3) is 0.471. The van der Waals surface area contributed by atoms with Crippen LogP contribution in [-0.2, 0) is 20.8 Å². The van der Waals surface area contributed by atoms with Gasteiger partial charge in [0.2, 0.25) is 11.8 Å². The van der Waals surface area contributed by atoms with Crippen molar-refractivity contribution >= 4 is 17.8 Å². The number of phenols is 1. The number of aliphatic carboxylic acids is 1. The molecule has 0 bridgehead atoms. The van der Waals surface area contributed by atoms with Crippen LogP contribution in [0.1, 0.15) is 32.8 Å². The van der Waals surface area contributed by atoms with Crippen LogP contribution in [0.15, 0.2) is 24.3 Å². The number of phenolic OH excluding ortho intramolecular Hbond substituents is 1. The summed E-state index contributed by atoms with van der Waals surface area (Å²) in [6.45, 7) is 5.28. The lowest BCUT2D eigenvalue weighted by Gasteiger charge is -2.13. The number of carboxylic acid groups (broad SMARTS) is 1. The molecule has 0 radical (unpaired) electrons. The molecule has 7 N–H and O–H groups in total. The lowest BCUT2D eigenvalue weighted by molar-refractivity contribution is -0.141. The van der Waals surface area contributed by atoms with Crippen LogP contribution in [0.3, 0.4) is 0 Å². The molecule has 0 aromatic heterocycles. The minimum atomic E-state index is -1.08. The summed E-state index contributed by atoms with van der Waals surface area (Å²) in [5, 5.41) is 20.3. The van der Waals surface area contributed by atoms with Gasteiger partial charge in [-0.05, 0) is 30.0 Å². The predicted molar refractivity (Wildman–Crippen MR) is 93.7 cm³/mol. The Balaban J connectivity index is 0.000000547. The maximum absolute atomic E-state index is 10.8. The highest BCUT2D eigenvalue weighted by molar-refractivity contribution is 5.82. The lowest BCUT2D eigenvalue weighted by Crippen LogP contribution is -2.41. The van der Waals surface area contributed by atoms with E-state index < -0.39 is 24.0 Å². The van der Waals surface area contributed by atoms with Crippen molar-refractivity contribution in [3.05, 3.63) is 29.8 Å². The number of carboxylic acids is 1. The van der Waals surface area contributed by atoms with Gasteiger partial charge in [0.1, 0.15) is 11.8 Å². The zero-order chi connectivity index (χ0) is 19.6. The number of rotatable bonds is 7. The Morgan fingerprint density at radius 1 is 1.16 bits per heavy atom. The first kappa shape index (κ1) is 22.4. The quantitative estimate of drug-likeness (QED) is 0.477. The molecule has 0 heterocycles. The summed E-state index contributed by atoms with van der Waals surface area (Å²) in [7, 11) is 0. The largest absolute Gasteiger partial charge is 0.508 e. The second kappa shape index (κ2) is 11.0. The van der Waals surface area contributed by atoms with Gasteiger partial charge in [0.15, 0.2) is 0 Å². The van der Waals surface area contributed by atoms with Gasteiger partial charge in [0.25, 0.3) is 0 Å². The molecule has 0 unspecified atom stereocenters. The second-order valence-electron chi connectivity index (χ2n) is 6.10. The number of primary amides is 1. The number of benzene rings is 1. The van der Waals surface area contributed by atoms with Gasteiger partial charge in [-0.1, -0.05) is 26.0 Å². The highest BCUT2D eigenvalue weighted by atomic mass is 16.4. The number of hydrogen-bond donors (Lipinski definition) is 5. The van der Waals surface area contributed by atoms with Gasteiger partial charge in [-0.25, -0.2) is 4.79 Å². The van der Waals surface area contributed by atoms with Crippen molar-refractivity contribution in [2.45, 2.75) is 45.7 Å². The van der Waals surface area contributed by atoms with Gasteiger partial charge in [-0.15, -0.1) is 0 Å². The molecule has 0 aliphatic rings. The number of amides is 2. The standard InChI is InChI=1S/C11H13NO4.C6H14N2O/c1-7(13)12-10(11(15)16)6-8-2-4-9(14)5-3-8;1-4(2)3-5(7)6(8)9/h2-5,10,14H,6H2,1H3,(H,12,13)(H,15,16);4-5H,3,7H2,1-2H3,(H2,8,9)/t10-;5-/m00/s1. The van der Waals surface area contributed by atoms with E-state index in [0.717, 1.165) is 5.56 Å². The highest BCUT2D eigenvalue weighted by Crippen LogP contribution is 2.11. The number of nitrogens with one attached hydrogen (secondary N) is 1. The van der Waals surface area contributed by atoms with E-state index in [-0.39, 0.29) is 18.1 Å². The van der Waals surface area contributed by atoms with Crippen LogP contribution in [0, 0.1) is 5.92 Å². The third kappa shape index (κ3) is 10.7. The number of carbonyl (C=O) groups excluding carboxylic acids is 2. The van der Waals surface area contributed by atoms with E-state index in [0.29, 0.717) is 12.3 Å². The maximum atomic E-state index is 10.8. The van der Waals surface area contributed by atoms with Crippen molar-refractivity contribution in [2.24, 2.45) is 17.4 Å². The predicted octanol–water partition coefficient (Wildman–Crippen LogP) is 0.369. The summed E-state index contributed by atoms with van der Waals surface area (Å²) in [6.07, 6.45) is 0.866. The molecule has 0 aliphatic heterocycles. The molecule has 1 aromatic rings. The molecule has 0 aliphatic carbocycles. The Hall–Kier alpha value is -2.61. The Labute approximate surface area is 147 Å². The van der Waals surface area contributed by atoms with Crippen LogP contribution in [0.2, 0.25) is 0 Å². The third-order valence-electron chi connectivity index (χ3n) is 3.14. The Kier molecular flexibility index (Phi) is 9.88. The van der Waals surface area contributed by atoms with Gasteiger partial charge in [-0.2, -0.15) is 0 Å². The summed E-state index contributed by atoms with van der Waals surface area (Å²) < 4.78 is 0. The molecule has 8 nitrogen and oxygen atoms in total. The first-order chi connectivity index (χ1) is 11.5. The van der Waals surface area contributed by atoms with E-state index in [1.807, 2.05) is 13.8 Å². The highest BCUT2D eigenvalue weighted by Gasteiger charge is 2.18. The summed E-state index contributed by atoms with van der Waals surface area (Å²) in [4.78, 5) is 32.0. The summed E-state index contributed by atoms with van der Waals surface area (Å²) in [6, 6.07) is 4.77. The van der Waals surface area contributed by atoms with E-state index in [1.54, 1.807) is 12.1 Å². The minimum Gasteiger partial charge on any atom is -0.508 e. The fourth-order valence-corrected chi connectivity index (χ4v) is 1.94. The number of aromatic hydroxyl groups is 1. The molecule has 2 amide bonds. The average molecular weight is 353 g/mol. The smallest absolute Gasteiger partial charge is 0.326 e. The maximum Gasteiger partial charge on any atom is 0.326 e. The zero-order valence-corrected chi connectivity index (χ0v) is 14.7. The van der Waals surface area contributed by atoms with Gasteiger partial charge < -0.3 is 27.0 Å². The molecule has 0 spiro atoms.